The molecule has 1 aromatic carbocycles. The molecule has 106 valence electrons. The number of ketones is 1. The lowest BCUT2D eigenvalue weighted by Gasteiger charge is -2.04. The van der Waals surface area contributed by atoms with Crippen LogP contribution in [0.2, 0.25) is 0 Å². The lowest BCUT2D eigenvalue weighted by molar-refractivity contribution is -0.384. The number of esters is 1. The van der Waals surface area contributed by atoms with Crippen LogP contribution in [0.1, 0.15) is 25.8 Å². The Labute approximate surface area is 116 Å². The minimum Gasteiger partial charge on any atom is -0.461 e. The maximum Gasteiger partial charge on any atom is 0.313 e. The second kappa shape index (κ2) is 7.18. The van der Waals surface area contributed by atoms with Gasteiger partial charge in [-0.2, -0.15) is 0 Å². The van der Waals surface area contributed by atoms with Gasteiger partial charge in [-0.15, -0.1) is 0 Å². The van der Waals surface area contributed by atoms with E-state index in [4.69, 9.17) is 4.74 Å². The predicted octanol–water partition coefficient (Wildman–Crippen LogP) is 2.52. The van der Waals surface area contributed by atoms with Crippen LogP contribution in [0.3, 0.4) is 0 Å². The summed E-state index contributed by atoms with van der Waals surface area (Å²) in [6.45, 7) is 3.17. The maximum absolute atomic E-state index is 11.2. The number of nitrogens with zero attached hydrogens (tertiary/aromatic N) is 1. The number of hydrogen-bond donors (Lipinski definition) is 0. The molecule has 1 aromatic rings. The fraction of sp³-hybridized carbons (Fsp3) is 0.286. The quantitative estimate of drug-likeness (QED) is 0.345. The minimum atomic E-state index is -0.561. The third kappa shape index (κ3) is 5.43. The summed E-state index contributed by atoms with van der Waals surface area (Å²) >= 11 is 0. The zero-order valence-corrected chi connectivity index (χ0v) is 11.3. The molecule has 6 heteroatoms. The van der Waals surface area contributed by atoms with E-state index in [-0.39, 0.29) is 24.5 Å². The van der Waals surface area contributed by atoms with E-state index >= 15 is 0 Å². The molecule has 0 radical (unpaired) electrons. The van der Waals surface area contributed by atoms with Gasteiger partial charge in [0.25, 0.3) is 5.69 Å². The van der Waals surface area contributed by atoms with Gasteiger partial charge in [-0.05, 0) is 37.1 Å². The lowest BCUT2D eigenvalue weighted by Crippen LogP contribution is -2.10. The first-order valence-corrected chi connectivity index (χ1v) is 5.95. The molecule has 0 bridgehead atoms. The molecule has 20 heavy (non-hydrogen) atoms. The Balaban J connectivity index is 2.58. The summed E-state index contributed by atoms with van der Waals surface area (Å²) in [6, 6.07) is 6.03. The minimum absolute atomic E-state index is 0.0210. The first-order valence-electron chi connectivity index (χ1n) is 5.95. The number of nitro groups is 1. The van der Waals surface area contributed by atoms with Crippen LogP contribution in [0.5, 0.6) is 0 Å². The number of carbonyl (C=O) groups excluding carboxylic acids is 2. The second-order valence-corrected chi connectivity index (χ2v) is 4.38. The molecule has 0 atom stereocenters. The highest BCUT2D eigenvalue weighted by molar-refractivity contribution is 5.94. The second-order valence-electron chi connectivity index (χ2n) is 4.38. The van der Waals surface area contributed by atoms with Crippen molar-refractivity contribution in [2.45, 2.75) is 20.3 Å². The summed E-state index contributed by atoms with van der Waals surface area (Å²) < 4.78 is 4.91. The predicted molar refractivity (Wildman–Crippen MR) is 73.0 cm³/mol. The first kappa shape index (κ1) is 15.6. The van der Waals surface area contributed by atoms with Crippen molar-refractivity contribution >= 4 is 23.5 Å². The van der Waals surface area contributed by atoms with E-state index in [1.54, 1.807) is 25.1 Å². The number of rotatable bonds is 6. The first-order chi connectivity index (χ1) is 9.38. The Morgan fingerprint density at radius 2 is 1.85 bits per heavy atom. The lowest BCUT2D eigenvalue weighted by atomic mass is 10.1. The average molecular weight is 277 g/mol. The van der Waals surface area contributed by atoms with Gasteiger partial charge in [0.15, 0.2) is 0 Å². The molecule has 0 saturated carbocycles. The van der Waals surface area contributed by atoms with Crippen molar-refractivity contribution in [2.24, 2.45) is 0 Å². The summed E-state index contributed by atoms with van der Waals surface area (Å²) in [5, 5.41) is 10.5. The molecule has 1 rings (SSSR count). The van der Waals surface area contributed by atoms with E-state index in [0.717, 1.165) is 11.1 Å². The van der Waals surface area contributed by atoms with Gasteiger partial charge in [-0.25, -0.2) is 0 Å². The van der Waals surface area contributed by atoms with E-state index in [0.29, 0.717) is 0 Å². The SMILES string of the molecule is CC(=O)CC(=O)OC/C(C)=C/c1ccc([N+](=O)[O-])cc1. The summed E-state index contributed by atoms with van der Waals surface area (Å²) in [7, 11) is 0. The molecular formula is C14H15NO5. The normalized spacial score (nSPS) is 11.0. The van der Waals surface area contributed by atoms with Crippen LogP contribution in [0.4, 0.5) is 5.69 Å². The van der Waals surface area contributed by atoms with Crippen molar-refractivity contribution in [3.63, 3.8) is 0 Å². The van der Waals surface area contributed by atoms with Crippen molar-refractivity contribution in [3.8, 4) is 0 Å². The van der Waals surface area contributed by atoms with Crippen LogP contribution < -0.4 is 0 Å². The monoisotopic (exact) mass is 277 g/mol. The highest BCUT2D eigenvalue weighted by Crippen LogP contribution is 2.14. The highest BCUT2D eigenvalue weighted by atomic mass is 16.6. The van der Waals surface area contributed by atoms with Crippen molar-refractivity contribution in [3.05, 3.63) is 45.5 Å². The molecule has 0 spiro atoms. The van der Waals surface area contributed by atoms with Gasteiger partial charge in [-0.3, -0.25) is 19.7 Å². The van der Waals surface area contributed by atoms with Crippen LogP contribution in [-0.2, 0) is 14.3 Å². The molecule has 0 N–H and O–H groups in total. The zero-order chi connectivity index (χ0) is 15.1. The largest absolute Gasteiger partial charge is 0.461 e. The topological polar surface area (TPSA) is 86.5 Å². The summed E-state index contributed by atoms with van der Waals surface area (Å²) in [5.41, 5.74) is 1.57. The Morgan fingerprint density at radius 1 is 1.25 bits per heavy atom. The van der Waals surface area contributed by atoms with Crippen LogP contribution >= 0.6 is 0 Å². The number of benzene rings is 1. The van der Waals surface area contributed by atoms with Gasteiger partial charge in [-0.1, -0.05) is 6.08 Å². The van der Waals surface area contributed by atoms with Crippen LogP contribution in [0.25, 0.3) is 6.08 Å². The van der Waals surface area contributed by atoms with Crippen LogP contribution in [0, 0.1) is 10.1 Å². The van der Waals surface area contributed by atoms with Crippen molar-refractivity contribution < 1.29 is 19.2 Å². The van der Waals surface area contributed by atoms with Gasteiger partial charge < -0.3 is 4.74 Å². The fourth-order valence-electron chi connectivity index (χ4n) is 1.47. The number of Topliss-reactive ketones (excluding diaryl/α,β-unsaturated/α-hetero) is 1. The number of hydrogen-bond acceptors (Lipinski definition) is 5. The molecule has 0 fully saturated rings. The fourth-order valence-corrected chi connectivity index (χ4v) is 1.47. The van der Waals surface area contributed by atoms with Gasteiger partial charge in [0, 0.05) is 12.1 Å². The number of carbonyl (C=O) groups is 2. The van der Waals surface area contributed by atoms with Crippen molar-refractivity contribution in [1.82, 2.24) is 0 Å². The molecule has 0 saturated heterocycles. The molecule has 0 aliphatic rings. The maximum atomic E-state index is 11.2. The van der Waals surface area contributed by atoms with E-state index in [1.165, 1.54) is 19.1 Å². The van der Waals surface area contributed by atoms with E-state index in [9.17, 15) is 19.7 Å². The Bertz CT molecular complexity index is 545. The smallest absolute Gasteiger partial charge is 0.313 e. The number of non-ortho nitro benzene ring substituents is 1. The van der Waals surface area contributed by atoms with E-state index in [2.05, 4.69) is 0 Å². The number of nitro benzene ring substituents is 1. The van der Waals surface area contributed by atoms with Crippen molar-refractivity contribution in [1.29, 1.82) is 0 Å². The summed E-state index contributed by atoms with van der Waals surface area (Å²) in [5.74, 6) is -0.805. The zero-order valence-electron chi connectivity index (χ0n) is 11.3. The number of ether oxygens (including phenoxy) is 1. The Morgan fingerprint density at radius 3 is 2.35 bits per heavy atom. The van der Waals surface area contributed by atoms with E-state index in [1.807, 2.05) is 0 Å². The molecule has 0 aliphatic carbocycles. The van der Waals surface area contributed by atoms with Gasteiger partial charge >= 0.3 is 5.97 Å². The molecule has 0 amide bonds. The summed E-state index contributed by atoms with van der Waals surface area (Å²) in [4.78, 5) is 31.9. The molecule has 0 aliphatic heterocycles. The van der Waals surface area contributed by atoms with Crippen molar-refractivity contribution in [2.75, 3.05) is 6.61 Å². The third-order valence-electron chi connectivity index (χ3n) is 2.37. The third-order valence-corrected chi connectivity index (χ3v) is 2.37. The molecule has 0 aromatic heterocycles. The molecule has 0 unspecified atom stereocenters. The Kier molecular flexibility index (Phi) is 5.58. The van der Waals surface area contributed by atoms with Gasteiger partial charge in [0.05, 0.1) is 4.92 Å². The average Bonchev–Trinajstić information content (AvgIpc) is 2.36. The highest BCUT2D eigenvalue weighted by Gasteiger charge is 2.06. The van der Waals surface area contributed by atoms with Crippen LogP contribution in [-0.4, -0.2) is 23.3 Å². The molecular weight excluding hydrogens is 262 g/mol. The molecule has 0 heterocycles. The molecule has 6 nitrogen and oxygen atoms in total. The van der Waals surface area contributed by atoms with Gasteiger partial charge in [0.2, 0.25) is 0 Å². The standard InChI is InChI=1S/C14H15NO5/c1-10(9-20-14(17)8-11(2)16)7-12-3-5-13(6-4-12)15(18)19/h3-7H,8-9H2,1-2H3/b10-7+. The summed E-state index contributed by atoms with van der Waals surface area (Å²) in [6.07, 6.45) is 1.52. The van der Waals surface area contributed by atoms with Gasteiger partial charge in [0.1, 0.15) is 18.8 Å². The van der Waals surface area contributed by atoms with Crippen LogP contribution in [0.15, 0.2) is 29.8 Å². The Hall–Kier alpha value is -2.50. The van der Waals surface area contributed by atoms with E-state index < -0.39 is 10.9 Å².